The van der Waals surface area contributed by atoms with Crippen LogP contribution in [-0.2, 0) is 19.6 Å². The molecule has 27 heavy (non-hydrogen) atoms. The Bertz CT molecular complexity index is 849. The van der Waals surface area contributed by atoms with Crippen LogP contribution in [0.5, 0.6) is 5.75 Å². The molecule has 0 radical (unpaired) electrons. The SMILES string of the molecule is COc1ccc(S(=O)(=O)N(C)C)cc1NC(=O)C1CCCN1C(=O)C1CC1. The Morgan fingerprint density at radius 2 is 1.93 bits per heavy atom. The zero-order valence-electron chi connectivity index (χ0n) is 15.8. The van der Waals surface area contributed by atoms with E-state index in [9.17, 15) is 18.0 Å². The molecule has 1 heterocycles. The highest BCUT2D eigenvalue weighted by molar-refractivity contribution is 7.89. The molecule has 0 bridgehead atoms. The summed E-state index contributed by atoms with van der Waals surface area (Å²) in [6.07, 6.45) is 3.16. The number of likely N-dealkylation sites (tertiary alicyclic amines) is 1. The molecule has 3 rings (SSSR count). The van der Waals surface area contributed by atoms with Gasteiger partial charge in [-0.05, 0) is 43.9 Å². The van der Waals surface area contributed by atoms with Crippen molar-refractivity contribution in [3.8, 4) is 5.75 Å². The van der Waals surface area contributed by atoms with Gasteiger partial charge in [0.05, 0.1) is 17.7 Å². The third-order valence-corrected chi connectivity index (χ3v) is 6.78. The molecular formula is C18H25N3O5S. The molecule has 1 saturated carbocycles. The van der Waals surface area contributed by atoms with Gasteiger partial charge in [-0.1, -0.05) is 0 Å². The first-order valence-corrected chi connectivity index (χ1v) is 10.4. The summed E-state index contributed by atoms with van der Waals surface area (Å²) in [5.41, 5.74) is 0.274. The molecule has 148 valence electrons. The number of anilines is 1. The van der Waals surface area contributed by atoms with E-state index >= 15 is 0 Å². The number of amides is 2. The van der Waals surface area contributed by atoms with Gasteiger partial charge < -0.3 is 15.0 Å². The Labute approximate surface area is 159 Å². The molecule has 1 N–H and O–H groups in total. The number of ether oxygens (including phenoxy) is 1. The first kappa shape index (κ1) is 19.6. The second kappa shape index (κ2) is 7.47. The summed E-state index contributed by atoms with van der Waals surface area (Å²) in [6, 6.07) is 3.79. The molecule has 1 saturated heterocycles. The number of carbonyl (C=O) groups is 2. The summed E-state index contributed by atoms with van der Waals surface area (Å²) in [6.45, 7) is 0.583. The van der Waals surface area contributed by atoms with Crippen molar-refractivity contribution in [1.82, 2.24) is 9.21 Å². The Morgan fingerprint density at radius 3 is 2.52 bits per heavy atom. The number of hydrogen-bond donors (Lipinski definition) is 1. The first-order chi connectivity index (χ1) is 12.8. The van der Waals surface area contributed by atoms with E-state index in [4.69, 9.17) is 4.74 Å². The molecule has 2 fully saturated rings. The second-order valence-electron chi connectivity index (χ2n) is 7.10. The Balaban J connectivity index is 1.83. The number of benzene rings is 1. The van der Waals surface area contributed by atoms with Gasteiger partial charge in [-0.2, -0.15) is 0 Å². The fourth-order valence-corrected chi connectivity index (χ4v) is 4.17. The maximum absolute atomic E-state index is 12.8. The van der Waals surface area contributed by atoms with Gasteiger partial charge >= 0.3 is 0 Å². The summed E-state index contributed by atoms with van der Waals surface area (Å²) in [5.74, 6) is 0.142. The third-order valence-electron chi connectivity index (χ3n) is 4.97. The standard InChI is InChI=1S/C18H25N3O5S/c1-20(2)27(24,25)13-8-9-16(26-3)14(11-13)19-17(22)15-5-4-10-21(15)18(23)12-6-7-12/h8-9,11-12,15H,4-7,10H2,1-3H3,(H,19,22). The fraction of sp³-hybridized carbons (Fsp3) is 0.556. The molecule has 0 aromatic heterocycles. The van der Waals surface area contributed by atoms with E-state index in [2.05, 4.69) is 5.32 Å². The van der Waals surface area contributed by atoms with E-state index in [-0.39, 0.29) is 28.3 Å². The average Bonchev–Trinajstić information content (AvgIpc) is 3.37. The van der Waals surface area contributed by atoms with Gasteiger partial charge in [0.2, 0.25) is 21.8 Å². The van der Waals surface area contributed by atoms with Gasteiger partial charge in [0.15, 0.2) is 0 Å². The zero-order chi connectivity index (χ0) is 19.8. The minimum atomic E-state index is -3.64. The van der Waals surface area contributed by atoms with Gasteiger partial charge in [-0.15, -0.1) is 0 Å². The molecule has 1 aromatic rings. The Kier molecular flexibility index (Phi) is 5.43. The predicted molar refractivity (Wildman–Crippen MR) is 100.0 cm³/mol. The molecule has 1 aromatic carbocycles. The van der Waals surface area contributed by atoms with E-state index in [0.717, 1.165) is 23.6 Å². The highest BCUT2D eigenvalue weighted by Crippen LogP contribution is 2.34. The molecule has 9 heteroatoms. The molecule has 1 atom stereocenters. The van der Waals surface area contributed by atoms with Crippen molar-refractivity contribution in [1.29, 1.82) is 0 Å². The normalized spacial score (nSPS) is 20.0. The van der Waals surface area contributed by atoms with Crippen molar-refractivity contribution in [3.63, 3.8) is 0 Å². The van der Waals surface area contributed by atoms with Gasteiger partial charge in [0.1, 0.15) is 11.8 Å². The minimum Gasteiger partial charge on any atom is -0.495 e. The van der Waals surface area contributed by atoms with Crippen LogP contribution in [-0.4, -0.2) is 63.2 Å². The lowest BCUT2D eigenvalue weighted by molar-refractivity contribution is -0.137. The molecule has 1 unspecified atom stereocenters. The monoisotopic (exact) mass is 395 g/mol. The minimum absolute atomic E-state index is 0.0450. The highest BCUT2D eigenvalue weighted by Gasteiger charge is 2.41. The van der Waals surface area contributed by atoms with Crippen LogP contribution in [0.4, 0.5) is 5.69 Å². The molecule has 1 aliphatic carbocycles. The summed E-state index contributed by atoms with van der Waals surface area (Å²) in [7, 11) is 0.688. The fourth-order valence-electron chi connectivity index (χ4n) is 3.24. The topological polar surface area (TPSA) is 96.0 Å². The number of nitrogens with zero attached hydrogens (tertiary/aromatic N) is 2. The van der Waals surface area contributed by atoms with Crippen LogP contribution in [0, 0.1) is 5.92 Å². The van der Waals surface area contributed by atoms with E-state index in [1.54, 1.807) is 4.90 Å². The lowest BCUT2D eigenvalue weighted by Crippen LogP contribution is -2.43. The molecule has 1 aliphatic heterocycles. The predicted octanol–water partition coefficient (Wildman–Crippen LogP) is 1.28. The number of nitrogens with one attached hydrogen (secondary N) is 1. The second-order valence-corrected chi connectivity index (χ2v) is 9.25. The average molecular weight is 395 g/mol. The van der Waals surface area contributed by atoms with E-state index in [1.165, 1.54) is 39.4 Å². The van der Waals surface area contributed by atoms with Crippen molar-refractivity contribution < 1.29 is 22.7 Å². The molecule has 0 spiro atoms. The van der Waals surface area contributed by atoms with E-state index < -0.39 is 16.1 Å². The summed E-state index contributed by atoms with van der Waals surface area (Å²) in [5, 5.41) is 2.76. The van der Waals surface area contributed by atoms with Crippen LogP contribution in [0.1, 0.15) is 25.7 Å². The zero-order valence-corrected chi connectivity index (χ0v) is 16.6. The molecule has 2 amide bonds. The van der Waals surface area contributed by atoms with Crippen molar-refractivity contribution >= 4 is 27.5 Å². The molecule has 2 aliphatic rings. The molecular weight excluding hydrogens is 370 g/mol. The quantitative estimate of drug-likeness (QED) is 0.783. The smallest absolute Gasteiger partial charge is 0.247 e. The summed E-state index contributed by atoms with van der Waals surface area (Å²) in [4.78, 5) is 26.9. The van der Waals surface area contributed by atoms with Crippen molar-refractivity contribution in [2.75, 3.05) is 33.1 Å². The maximum Gasteiger partial charge on any atom is 0.247 e. The van der Waals surface area contributed by atoms with Gasteiger partial charge in [0.25, 0.3) is 0 Å². The number of methoxy groups -OCH3 is 1. The van der Waals surface area contributed by atoms with Crippen LogP contribution >= 0.6 is 0 Å². The van der Waals surface area contributed by atoms with Crippen LogP contribution < -0.4 is 10.1 Å². The van der Waals surface area contributed by atoms with Crippen LogP contribution in [0.15, 0.2) is 23.1 Å². The van der Waals surface area contributed by atoms with Crippen LogP contribution in [0.25, 0.3) is 0 Å². The summed E-state index contributed by atoms with van der Waals surface area (Å²) < 4.78 is 31.1. The number of carbonyl (C=O) groups excluding carboxylic acids is 2. The number of rotatable bonds is 6. The van der Waals surface area contributed by atoms with Crippen LogP contribution in [0.2, 0.25) is 0 Å². The van der Waals surface area contributed by atoms with Gasteiger partial charge in [-0.3, -0.25) is 9.59 Å². The largest absolute Gasteiger partial charge is 0.495 e. The number of sulfonamides is 1. The van der Waals surface area contributed by atoms with Gasteiger partial charge in [0, 0.05) is 26.6 Å². The lowest BCUT2D eigenvalue weighted by atomic mass is 10.2. The van der Waals surface area contributed by atoms with Gasteiger partial charge in [-0.25, -0.2) is 12.7 Å². The van der Waals surface area contributed by atoms with Crippen molar-refractivity contribution in [2.24, 2.45) is 5.92 Å². The van der Waals surface area contributed by atoms with Crippen molar-refractivity contribution in [3.05, 3.63) is 18.2 Å². The highest BCUT2D eigenvalue weighted by atomic mass is 32.2. The summed E-state index contributed by atoms with van der Waals surface area (Å²) >= 11 is 0. The first-order valence-electron chi connectivity index (χ1n) is 8.97. The lowest BCUT2D eigenvalue weighted by Gasteiger charge is -2.24. The Morgan fingerprint density at radius 1 is 1.22 bits per heavy atom. The van der Waals surface area contributed by atoms with E-state index in [1.807, 2.05) is 0 Å². The number of hydrogen-bond acceptors (Lipinski definition) is 5. The van der Waals surface area contributed by atoms with E-state index in [0.29, 0.717) is 18.7 Å². The van der Waals surface area contributed by atoms with Crippen LogP contribution in [0.3, 0.4) is 0 Å². The van der Waals surface area contributed by atoms with Crippen molar-refractivity contribution in [2.45, 2.75) is 36.6 Å². The molecule has 8 nitrogen and oxygen atoms in total. The Hall–Kier alpha value is -2.13. The maximum atomic E-state index is 12.8. The third kappa shape index (κ3) is 3.93.